The highest BCUT2D eigenvalue weighted by Gasteiger charge is 2.09. The minimum atomic E-state index is -0.531. The first kappa shape index (κ1) is 12.5. The van der Waals surface area contributed by atoms with E-state index in [0.717, 1.165) is 13.0 Å². The molecule has 0 saturated heterocycles. The summed E-state index contributed by atoms with van der Waals surface area (Å²) in [5.41, 5.74) is 0. The lowest BCUT2D eigenvalue weighted by molar-refractivity contribution is 0.0587. The van der Waals surface area contributed by atoms with Gasteiger partial charge in [0.25, 0.3) is 0 Å². The van der Waals surface area contributed by atoms with Crippen LogP contribution in [0, 0.1) is 0 Å². The second-order valence-corrected chi connectivity index (χ2v) is 4.55. The monoisotopic (exact) mass is 263 g/mol. The van der Waals surface area contributed by atoms with E-state index in [0.29, 0.717) is 5.82 Å². The smallest absolute Gasteiger partial charge is 0.376 e. The Balaban J connectivity index is 1.91. The first-order valence-electron chi connectivity index (χ1n) is 5.47. The number of hydrogen-bond acceptors (Lipinski definition) is 6. The molecule has 2 aromatic rings. The Kier molecular flexibility index (Phi) is 4.25. The lowest BCUT2D eigenvalue weighted by atomic mass is 10.3. The highest BCUT2D eigenvalue weighted by Crippen LogP contribution is 2.09. The van der Waals surface area contributed by atoms with E-state index in [1.54, 1.807) is 17.4 Å². The molecule has 2 rings (SSSR count). The van der Waals surface area contributed by atoms with E-state index in [2.05, 4.69) is 31.5 Å². The highest BCUT2D eigenvalue weighted by atomic mass is 32.1. The number of aromatic nitrogens is 2. The zero-order valence-corrected chi connectivity index (χ0v) is 10.7. The van der Waals surface area contributed by atoms with Gasteiger partial charge >= 0.3 is 5.97 Å². The molecule has 5 nitrogen and oxygen atoms in total. The van der Waals surface area contributed by atoms with Crippen molar-refractivity contribution in [2.75, 3.05) is 19.0 Å². The molecule has 0 aliphatic rings. The van der Waals surface area contributed by atoms with Crippen molar-refractivity contribution in [3.63, 3.8) is 0 Å². The molecular formula is C12H13N3O2S. The molecule has 0 fully saturated rings. The van der Waals surface area contributed by atoms with Gasteiger partial charge in [0.05, 0.1) is 7.11 Å². The molecule has 6 heteroatoms. The maximum Gasteiger partial charge on any atom is 0.376 e. The molecule has 94 valence electrons. The minimum Gasteiger partial charge on any atom is -0.463 e. The third-order valence-corrected chi connectivity index (χ3v) is 3.22. The van der Waals surface area contributed by atoms with Gasteiger partial charge in [-0.2, -0.15) is 0 Å². The summed E-state index contributed by atoms with van der Waals surface area (Å²) in [7, 11) is 1.31. The molecule has 0 aromatic carbocycles. The number of thiophene rings is 1. The first-order valence-corrected chi connectivity index (χ1v) is 6.35. The van der Waals surface area contributed by atoms with Crippen LogP contribution in [0.25, 0.3) is 0 Å². The maximum atomic E-state index is 11.3. The second-order valence-electron chi connectivity index (χ2n) is 3.51. The van der Waals surface area contributed by atoms with E-state index in [-0.39, 0.29) is 5.82 Å². The minimum absolute atomic E-state index is 0.0682. The number of hydrogen-bond donors (Lipinski definition) is 1. The number of nitrogens with zero attached hydrogens (tertiary/aromatic N) is 2. The molecular weight excluding hydrogens is 250 g/mol. The quantitative estimate of drug-likeness (QED) is 0.836. The molecule has 0 amide bonds. The van der Waals surface area contributed by atoms with Crippen molar-refractivity contribution in [3.05, 3.63) is 40.5 Å². The summed E-state index contributed by atoms with van der Waals surface area (Å²) < 4.78 is 4.56. The number of rotatable bonds is 5. The zero-order chi connectivity index (χ0) is 12.8. The van der Waals surface area contributed by atoms with Crippen LogP contribution in [0.3, 0.4) is 0 Å². The van der Waals surface area contributed by atoms with E-state index in [1.807, 2.05) is 6.07 Å². The molecule has 0 aliphatic heterocycles. The largest absolute Gasteiger partial charge is 0.463 e. The molecule has 0 saturated carbocycles. The van der Waals surface area contributed by atoms with Crippen LogP contribution < -0.4 is 5.32 Å². The van der Waals surface area contributed by atoms with E-state index >= 15 is 0 Å². The van der Waals surface area contributed by atoms with Gasteiger partial charge < -0.3 is 10.1 Å². The Labute approximate surface area is 109 Å². The lowest BCUT2D eigenvalue weighted by Crippen LogP contribution is -2.11. The van der Waals surface area contributed by atoms with Crippen molar-refractivity contribution < 1.29 is 9.53 Å². The molecule has 0 unspecified atom stereocenters. The topological polar surface area (TPSA) is 64.1 Å². The van der Waals surface area contributed by atoms with Gasteiger partial charge in [0.2, 0.25) is 5.82 Å². The van der Waals surface area contributed by atoms with Gasteiger partial charge in [0.15, 0.2) is 0 Å². The number of anilines is 1. The maximum absolute atomic E-state index is 11.3. The highest BCUT2D eigenvalue weighted by molar-refractivity contribution is 7.09. The molecule has 0 radical (unpaired) electrons. The van der Waals surface area contributed by atoms with Crippen LogP contribution >= 0.6 is 11.3 Å². The number of carbonyl (C=O) groups excluding carboxylic acids is 1. The molecule has 0 aliphatic carbocycles. The van der Waals surface area contributed by atoms with Crippen LogP contribution in [0.15, 0.2) is 29.8 Å². The Morgan fingerprint density at radius 1 is 1.50 bits per heavy atom. The predicted molar refractivity (Wildman–Crippen MR) is 69.9 cm³/mol. The Hall–Kier alpha value is -1.95. The molecule has 2 aromatic heterocycles. The zero-order valence-electron chi connectivity index (χ0n) is 9.92. The van der Waals surface area contributed by atoms with Crippen LogP contribution in [0.4, 0.5) is 5.82 Å². The SMILES string of the molecule is COC(=O)c1nccc(NCCc2cccs2)n1. The average Bonchev–Trinajstić information content (AvgIpc) is 2.91. The van der Waals surface area contributed by atoms with Crippen molar-refractivity contribution >= 4 is 23.1 Å². The molecule has 1 N–H and O–H groups in total. The molecule has 2 heterocycles. The number of ether oxygens (including phenoxy) is 1. The first-order chi connectivity index (χ1) is 8.79. The summed E-state index contributed by atoms with van der Waals surface area (Å²) in [6, 6.07) is 5.84. The predicted octanol–water partition coefficient (Wildman–Crippen LogP) is 1.98. The fourth-order valence-electron chi connectivity index (χ4n) is 1.42. The van der Waals surface area contributed by atoms with Gasteiger partial charge in [-0.05, 0) is 23.9 Å². The average molecular weight is 263 g/mol. The molecule has 0 spiro atoms. The number of carbonyl (C=O) groups is 1. The fraction of sp³-hybridized carbons (Fsp3) is 0.250. The Morgan fingerprint density at radius 3 is 3.11 bits per heavy atom. The Morgan fingerprint density at radius 2 is 2.39 bits per heavy atom. The van der Waals surface area contributed by atoms with E-state index in [1.165, 1.54) is 18.2 Å². The van der Waals surface area contributed by atoms with Crippen LogP contribution in [-0.4, -0.2) is 29.6 Å². The molecule has 0 bridgehead atoms. The standard InChI is InChI=1S/C12H13N3O2S/c1-17-12(16)11-14-7-5-10(15-11)13-6-4-9-3-2-8-18-9/h2-3,5,7-8H,4,6H2,1H3,(H,13,14,15). The summed E-state index contributed by atoms with van der Waals surface area (Å²) in [5, 5.41) is 5.20. The number of esters is 1. The third kappa shape index (κ3) is 3.27. The van der Waals surface area contributed by atoms with Crippen molar-refractivity contribution in [1.82, 2.24) is 9.97 Å². The van der Waals surface area contributed by atoms with E-state index < -0.39 is 5.97 Å². The van der Waals surface area contributed by atoms with Gasteiger partial charge in [0.1, 0.15) is 5.82 Å². The number of nitrogens with one attached hydrogen (secondary N) is 1. The van der Waals surface area contributed by atoms with Gasteiger partial charge in [-0.25, -0.2) is 14.8 Å². The van der Waals surface area contributed by atoms with Crippen LogP contribution in [0.5, 0.6) is 0 Å². The Bertz CT molecular complexity index is 514. The van der Waals surface area contributed by atoms with E-state index in [9.17, 15) is 4.79 Å². The number of methoxy groups -OCH3 is 1. The van der Waals surface area contributed by atoms with Gasteiger partial charge in [0, 0.05) is 17.6 Å². The third-order valence-electron chi connectivity index (χ3n) is 2.28. The summed E-state index contributed by atoms with van der Waals surface area (Å²) in [6.45, 7) is 0.762. The van der Waals surface area contributed by atoms with Crippen LogP contribution in [0.2, 0.25) is 0 Å². The van der Waals surface area contributed by atoms with Crippen molar-refractivity contribution in [2.45, 2.75) is 6.42 Å². The fourth-order valence-corrected chi connectivity index (χ4v) is 2.12. The summed E-state index contributed by atoms with van der Waals surface area (Å²) in [4.78, 5) is 20.5. The van der Waals surface area contributed by atoms with Crippen molar-refractivity contribution in [1.29, 1.82) is 0 Å². The van der Waals surface area contributed by atoms with Gasteiger partial charge in [-0.3, -0.25) is 0 Å². The molecule has 18 heavy (non-hydrogen) atoms. The molecule has 0 atom stereocenters. The van der Waals surface area contributed by atoms with E-state index in [4.69, 9.17) is 0 Å². The lowest BCUT2D eigenvalue weighted by Gasteiger charge is -2.05. The summed E-state index contributed by atoms with van der Waals surface area (Å²) in [5.74, 6) is 0.164. The van der Waals surface area contributed by atoms with Gasteiger partial charge in [-0.15, -0.1) is 11.3 Å². The second kappa shape index (κ2) is 6.11. The van der Waals surface area contributed by atoms with Crippen molar-refractivity contribution in [3.8, 4) is 0 Å². The van der Waals surface area contributed by atoms with Gasteiger partial charge in [-0.1, -0.05) is 6.07 Å². The normalized spacial score (nSPS) is 10.1. The summed E-state index contributed by atoms with van der Waals surface area (Å²) >= 11 is 1.72. The van der Waals surface area contributed by atoms with Crippen LogP contribution in [0.1, 0.15) is 15.5 Å². The van der Waals surface area contributed by atoms with Crippen LogP contribution in [-0.2, 0) is 11.2 Å². The van der Waals surface area contributed by atoms with Crippen molar-refractivity contribution in [2.24, 2.45) is 0 Å². The summed E-state index contributed by atoms with van der Waals surface area (Å²) in [6.07, 6.45) is 2.46.